The second-order valence-corrected chi connectivity index (χ2v) is 3.49. The van der Waals surface area contributed by atoms with E-state index in [4.69, 9.17) is 0 Å². The molecule has 0 aliphatic carbocycles. The fraction of sp³-hybridized carbons (Fsp3) is 0.364. The summed E-state index contributed by atoms with van der Waals surface area (Å²) in [7, 11) is 5.73. The van der Waals surface area contributed by atoms with E-state index in [9.17, 15) is 4.79 Å². The lowest BCUT2D eigenvalue weighted by Crippen LogP contribution is -2.23. The molecule has 14 heavy (non-hydrogen) atoms. The summed E-state index contributed by atoms with van der Waals surface area (Å²) in [6.45, 7) is 1.56. The van der Waals surface area contributed by atoms with Gasteiger partial charge in [0, 0.05) is 39.4 Å². The van der Waals surface area contributed by atoms with E-state index in [1.807, 2.05) is 43.3 Å². The van der Waals surface area contributed by atoms with Crippen LogP contribution in [0, 0.1) is 0 Å². The van der Waals surface area contributed by atoms with Crippen LogP contribution < -0.4 is 9.80 Å². The van der Waals surface area contributed by atoms with Gasteiger partial charge < -0.3 is 9.80 Å². The van der Waals surface area contributed by atoms with Crippen molar-refractivity contribution in [1.82, 2.24) is 0 Å². The van der Waals surface area contributed by atoms with E-state index in [0.717, 1.165) is 11.4 Å². The van der Waals surface area contributed by atoms with Gasteiger partial charge in [0.25, 0.3) is 0 Å². The predicted molar refractivity (Wildman–Crippen MR) is 59.9 cm³/mol. The molecule has 0 aliphatic rings. The fourth-order valence-electron chi connectivity index (χ4n) is 1.16. The minimum absolute atomic E-state index is 0.0425. The van der Waals surface area contributed by atoms with E-state index in [2.05, 4.69) is 0 Å². The van der Waals surface area contributed by atoms with Crippen LogP contribution in [0.25, 0.3) is 0 Å². The molecule has 0 aromatic heterocycles. The van der Waals surface area contributed by atoms with Gasteiger partial charge in [0.15, 0.2) is 0 Å². The Kier molecular flexibility index (Phi) is 3.12. The van der Waals surface area contributed by atoms with E-state index in [-0.39, 0.29) is 5.91 Å². The summed E-state index contributed by atoms with van der Waals surface area (Å²) in [5.74, 6) is 0.0425. The maximum absolute atomic E-state index is 11.1. The van der Waals surface area contributed by atoms with E-state index in [1.54, 1.807) is 18.9 Å². The first-order valence-corrected chi connectivity index (χ1v) is 4.54. The molecule has 0 heterocycles. The molecule has 76 valence electrons. The van der Waals surface area contributed by atoms with Crippen LogP contribution in [0.3, 0.4) is 0 Å². The standard InChI is InChI=1S/C11H16N2O/c1-9(14)13(4)11-7-5-6-10(8-11)12(2)3/h5-8H,1-4H3. The smallest absolute Gasteiger partial charge is 0.223 e. The summed E-state index contributed by atoms with van der Waals surface area (Å²) in [6.07, 6.45) is 0. The highest BCUT2D eigenvalue weighted by Gasteiger charge is 2.05. The van der Waals surface area contributed by atoms with Crippen LogP contribution in [0.5, 0.6) is 0 Å². The number of hydrogen-bond donors (Lipinski definition) is 0. The van der Waals surface area contributed by atoms with Crippen LogP contribution in [0.1, 0.15) is 6.92 Å². The normalized spacial score (nSPS) is 9.71. The van der Waals surface area contributed by atoms with Gasteiger partial charge in [0.05, 0.1) is 0 Å². The van der Waals surface area contributed by atoms with Crippen LogP contribution in [0.2, 0.25) is 0 Å². The summed E-state index contributed by atoms with van der Waals surface area (Å²) in [5.41, 5.74) is 2.01. The van der Waals surface area contributed by atoms with Crippen molar-refractivity contribution in [1.29, 1.82) is 0 Å². The van der Waals surface area contributed by atoms with Crippen molar-refractivity contribution in [3.63, 3.8) is 0 Å². The molecule has 0 saturated heterocycles. The Morgan fingerprint density at radius 1 is 1.14 bits per heavy atom. The van der Waals surface area contributed by atoms with Gasteiger partial charge in [-0.1, -0.05) is 6.07 Å². The average Bonchev–Trinajstić information content (AvgIpc) is 2.16. The third-order valence-electron chi connectivity index (χ3n) is 2.21. The number of rotatable bonds is 2. The maximum Gasteiger partial charge on any atom is 0.223 e. The number of benzene rings is 1. The van der Waals surface area contributed by atoms with Gasteiger partial charge in [-0.25, -0.2) is 0 Å². The topological polar surface area (TPSA) is 23.6 Å². The Morgan fingerprint density at radius 3 is 2.21 bits per heavy atom. The fourth-order valence-corrected chi connectivity index (χ4v) is 1.16. The van der Waals surface area contributed by atoms with Crippen LogP contribution in [0.15, 0.2) is 24.3 Å². The zero-order valence-electron chi connectivity index (χ0n) is 9.11. The molecule has 0 fully saturated rings. The largest absolute Gasteiger partial charge is 0.378 e. The molecular formula is C11H16N2O. The quantitative estimate of drug-likeness (QED) is 0.712. The number of nitrogens with zero attached hydrogens (tertiary/aromatic N) is 2. The van der Waals surface area contributed by atoms with Crippen molar-refractivity contribution in [2.75, 3.05) is 30.9 Å². The highest BCUT2D eigenvalue weighted by Crippen LogP contribution is 2.19. The third kappa shape index (κ3) is 2.25. The summed E-state index contributed by atoms with van der Waals surface area (Å²) in [6, 6.07) is 7.87. The first kappa shape index (κ1) is 10.6. The molecule has 1 aromatic rings. The Hall–Kier alpha value is -1.51. The second-order valence-electron chi connectivity index (χ2n) is 3.49. The van der Waals surface area contributed by atoms with Gasteiger partial charge in [-0.3, -0.25) is 4.79 Å². The molecule has 0 radical (unpaired) electrons. The number of carbonyl (C=O) groups is 1. The molecule has 0 spiro atoms. The molecule has 1 rings (SSSR count). The first-order valence-electron chi connectivity index (χ1n) is 4.54. The van der Waals surface area contributed by atoms with Gasteiger partial charge in [0.2, 0.25) is 5.91 Å². The summed E-state index contributed by atoms with van der Waals surface area (Å²) >= 11 is 0. The molecule has 0 aliphatic heterocycles. The lowest BCUT2D eigenvalue weighted by molar-refractivity contribution is -0.116. The van der Waals surface area contributed by atoms with Crippen molar-refractivity contribution in [2.45, 2.75) is 6.92 Å². The molecule has 3 heteroatoms. The van der Waals surface area contributed by atoms with E-state index < -0.39 is 0 Å². The van der Waals surface area contributed by atoms with Gasteiger partial charge in [0.1, 0.15) is 0 Å². The molecular weight excluding hydrogens is 176 g/mol. The number of hydrogen-bond acceptors (Lipinski definition) is 2. The molecule has 1 aromatic carbocycles. The Balaban J connectivity index is 2.99. The van der Waals surface area contributed by atoms with Gasteiger partial charge in [-0.15, -0.1) is 0 Å². The lowest BCUT2D eigenvalue weighted by Gasteiger charge is -2.18. The molecule has 0 saturated carbocycles. The van der Waals surface area contributed by atoms with Gasteiger partial charge >= 0.3 is 0 Å². The van der Waals surface area contributed by atoms with E-state index >= 15 is 0 Å². The highest BCUT2D eigenvalue weighted by molar-refractivity contribution is 5.91. The first-order chi connectivity index (χ1) is 6.52. The van der Waals surface area contributed by atoms with Crippen molar-refractivity contribution in [3.05, 3.63) is 24.3 Å². The lowest BCUT2D eigenvalue weighted by atomic mass is 10.2. The van der Waals surface area contributed by atoms with Crippen LogP contribution >= 0.6 is 0 Å². The molecule has 0 bridgehead atoms. The van der Waals surface area contributed by atoms with Crippen LogP contribution in [-0.4, -0.2) is 27.1 Å². The predicted octanol–water partition coefficient (Wildman–Crippen LogP) is 1.74. The number of amides is 1. The van der Waals surface area contributed by atoms with E-state index in [1.165, 1.54) is 0 Å². The minimum atomic E-state index is 0.0425. The molecule has 0 atom stereocenters. The summed E-state index contributed by atoms with van der Waals surface area (Å²) in [5, 5.41) is 0. The molecule has 0 N–H and O–H groups in total. The number of anilines is 2. The monoisotopic (exact) mass is 192 g/mol. The second kappa shape index (κ2) is 4.13. The third-order valence-corrected chi connectivity index (χ3v) is 2.21. The van der Waals surface area contributed by atoms with Gasteiger partial charge in [-0.2, -0.15) is 0 Å². The Morgan fingerprint density at radius 2 is 1.71 bits per heavy atom. The SMILES string of the molecule is CC(=O)N(C)c1cccc(N(C)C)c1. The summed E-state index contributed by atoms with van der Waals surface area (Å²) in [4.78, 5) is 14.8. The van der Waals surface area contributed by atoms with Crippen LogP contribution in [0.4, 0.5) is 11.4 Å². The Labute approximate surface area is 84.9 Å². The zero-order chi connectivity index (χ0) is 10.7. The zero-order valence-corrected chi connectivity index (χ0v) is 9.11. The average molecular weight is 192 g/mol. The van der Waals surface area contributed by atoms with Crippen molar-refractivity contribution < 1.29 is 4.79 Å². The van der Waals surface area contributed by atoms with Gasteiger partial charge in [-0.05, 0) is 18.2 Å². The molecule has 3 nitrogen and oxygen atoms in total. The van der Waals surface area contributed by atoms with Crippen molar-refractivity contribution in [3.8, 4) is 0 Å². The summed E-state index contributed by atoms with van der Waals surface area (Å²) < 4.78 is 0. The number of carbonyl (C=O) groups excluding carboxylic acids is 1. The Bertz CT molecular complexity index is 334. The molecule has 1 amide bonds. The van der Waals surface area contributed by atoms with Crippen molar-refractivity contribution >= 4 is 17.3 Å². The maximum atomic E-state index is 11.1. The van der Waals surface area contributed by atoms with Crippen LogP contribution in [-0.2, 0) is 4.79 Å². The van der Waals surface area contributed by atoms with Crippen molar-refractivity contribution in [2.24, 2.45) is 0 Å². The highest BCUT2D eigenvalue weighted by atomic mass is 16.2. The minimum Gasteiger partial charge on any atom is -0.378 e. The van der Waals surface area contributed by atoms with E-state index in [0.29, 0.717) is 0 Å². The molecule has 0 unspecified atom stereocenters.